The SMILES string of the molecule is CCCCCCCC[C]1CCCC1C1(CCCC)CCCC1. The second-order valence-electron chi connectivity index (χ2n) is 8.29. The van der Waals surface area contributed by atoms with Crippen LogP contribution in [0.15, 0.2) is 0 Å². The van der Waals surface area contributed by atoms with Crippen molar-refractivity contribution in [1.82, 2.24) is 0 Å². The smallest absolute Gasteiger partial charge is 0.0205 e. The second kappa shape index (κ2) is 9.99. The first-order chi connectivity index (χ1) is 10.8. The maximum atomic E-state index is 2.37. The highest BCUT2D eigenvalue weighted by Crippen LogP contribution is 2.57. The van der Waals surface area contributed by atoms with E-state index >= 15 is 0 Å². The standard InChI is InChI=1S/C22H41/c1-3-5-7-8-9-10-14-20-15-13-16-21(20)22(17-6-4-2)18-11-12-19-22/h21H,3-19H2,1-2H3. The van der Waals surface area contributed by atoms with Crippen molar-refractivity contribution in [2.24, 2.45) is 11.3 Å². The monoisotopic (exact) mass is 305 g/mol. The molecule has 129 valence electrons. The van der Waals surface area contributed by atoms with Crippen LogP contribution in [0.3, 0.4) is 0 Å². The summed E-state index contributed by atoms with van der Waals surface area (Å²) in [6.45, 7) is 4.69. The minimum absolute atomic E-state index is 0.754. The van der Waals surface area contributed by atoms with Gasteiger partial charge in [0.2, 0.25) is 0 Å². The molecule has 1 atom stereocenters. The van der Waals surface area contributed by atoms with Gasteiger partial charge in [0.25, 0.3) is 0 Å². The van der Waals surface area contributed by atoms with E-state index in [2.05, 4.69) is 13.8 Å². The molecule has 2 aliphatic rings. The van der Waals surface area contributed by atoms with Crippen LogP contribution in [0.4, 0.5) is 0 Å². The number of rotatable bonds is 11. The Balaban J connectivity index is 1.78. The molecule has 0 N–H and O–H groups in total. The Morgan fingerprint density at radius 3 is 2.23 bits per heavy atom. The summed E-state index contributed by atoms with van der Waals surface area (Å²) in [7, 11) is 0. The zero-order chi connectivity index (χ0) is 15.7. The zero-order valence-electron chi connectivity index (χ0n) is 15.6. The predicted molar refractivity (Wildman–Crippen MR) is 99.0 cm³/mol. The molecule has 1 radical (unpaired) electrons. The molecule has 2 saturated carbocycles. The molecule has 0 heteroatoms. The summed E-state index contributed by atoms with van der Waals surface area (Å²) in [5.74, 6) is 3.03. The summed E-state index contributed by atoms with van der Waals surface area (Å²) in [6, 6.07) is 0. The molecule has 1 unspecified atom stereocenters. The Morgan fingerprint density at radius 2 is 1.50 bits per heavy atom. The second-order valence-corrected chi connectivity index (χ2v) is 8.29. The molecule has 2 aliphatic carbocycles. The van der Waals surface area contributed by atoms with E-state index in [-0.39, 0.29) is 0 Å². The van der Waals surface area contributed by atoms with E-state index in [1.54, 1.807) is 12.8 Å². The fourth-order valence-electron chi connectivity index (χ4n) is 5.46. The average molecular weight is 306 g/mol. The predicted octanol–water partition coefficient (Wildman–Crippen LogP) is 7.86. The first-order valence-corrected chi connectivity index (χ1v) is 10.7. The maximum Gasteiger partial charge on any atom is -0.0205 e. The highest BCUT2D eigenvalue weighted by atomic mass is 14.5. The van der Waals surface area contributed by atoms with E-state index in [1.165, 1.54) is 96.3 Å². The molecule has 0 amide bonds. The first-order valence-electron chi connectivity index (χ1n) is 10.7. The lowest BCUT2D eigenvalue weighted by Gasteiger charge is -2.39. The normalized spacial score (nSPS) is 25.1. The molecule has 2 rings (SSSR count). The number of unbranched alkanes of at least 4 members (excludes halogenated alkanes) is 6. The van der Waals surface area contributed by atoms with Crippen molar-refractivity contribution >= 4 is 0 Å². The Bertz CT molecular complexity index is 274. The van der Waals surface area contributed by atoms with Gasteiger partial charge in [0.05, 0.1) is 0 Å². The molecular weight excluding hydrogens is 264 g/mol. The minimum Gasteiger partial charge on any atom is -0.0654 e. The molecule has 0 aromatic rings. The maximum absolute atomic E-state index is 2.37. The van der Waals surface area contributed by atoms with E-state index in [9.17, 15) is 0 Å². The molecule has 0 saturated heterocycles. The van der Waals surface area contributed by atoms with Crippen LogP contribution in [0, 0.1) is 17.3 Å². The van der Waals surface area contributed by atoms with Crippen LogP contribution in [0.25, 0.3) is 0 Å². The summed E-state index contributed by atoms with van der Waals surface area (Å²) in [6.07, 6.45) is 25.3. The van der Waals surface area contributed by atoms with Crippen molar-refractivity contribution in [3.05, 3.63) is 5.92 Å². The molecule has 0 heterocycles. The molecule has 0 aromatic heterocycles. The van der Waals surface area contributed by atoms with Gasteiger partial charge in [0, 0.05) is 0 Å². The van der Waals surface area contributed by atoms with E-state index in [1.807, 2.05) is 5.92 Å². The van der Waals surface area contributed by atoms with E-state index in [4.69, 9.17) is 0 Å². The third-order valence-electron chi connectivity index (χ3n) is 6.70. The van der Waals surface area contributed by atoms with Gasteiger partial charge in [-0.1, -0.05) is 84.5 Å². The highest BCUT2D eigenvalue weighted by Gasteiger charge is 2.45. The fourth-order valence-corrected chi connectivity index (χ4v) is 5.46. The molecular formula is C22H41. The lowest BCUT2D eigenvalue weighted by Crippen LogP contribution is -2.29. The van der Waals surface area contributed by atoms with Crippen LogP contribution in [0.2, 0.25) is 0 Å². The lowest BCUT2D eigenvalue weighted by atomic mass is 9.66. The highest BCUT2D eigenvalue weighted by molar-refractivity contribution is 5.09. The third-order valence-corrected chi connectivity index (χ3v) is 6.70. The van der Waals surface area contributed by atoms with Crippen LogP contribution >= 0.6 is 0 Å². The molecule has 0 aliphatic heterocycles. The van der Waals surface area contributed by atoms with Gasteiger partial charge < -0.3 is 0 Å². The van der Waals surface area contributed by atoms with Gasteiger partial charge in [-0.3, -0.25) is 0 Å². The van der Waals surface area contributed by atoms with Crippen LogP contribution in [-0.4, -0.2) is 0 Å². The topological polar surface area (TPSA) is 0 Å². The summed E-state index contributed by atoms with van der Waals surface area (Å²) >= 11 is 0. The van der Waals surface area contributed by atoms with Gasteiger partial charge in [0.1, 0.15) is 0 Å². The van der Waals surface area contributed by atoms with Crippen molar-refractivity contribution < 1.29 is 0 Å². The largest absolute Gasteiger partial charge is 0.0654 e. The van der Waals surface area contributed by atoms with Crippen molar-refractivity contribution in [1.29, 1.82) is 0 Å². The van der Waals surface area contributed by atoms with E-state index in [0.29, 0.717) is 0 Å². The summed E-state index contributed by atoms with van der Waals surface area (Å²) < 4.78 is 0. The van der Waals surface area contributed by atoms with Crippen molar-refractivity contribution in [3.63, 3.8) is 0 Å². The van der Waals surface area contributed by atoms with Gasteiger partial charge in [0.15, 0.2) is 0 Å². The summed E-state index contributed by atoms with van der Waals surface area (Å²) in [5, 5.41) is 0. The van der Waals surface area contributed by atoms with Crippen LogP contribution < -0.4 is 0 Å². The van der Waals surface area contributed by atoms with Crippen LogP contribution in [-0.2, 0) is 0 Å². The quantitative estimate of drug-likeness (QED) is 0.341. The molecule has 0 bridgehead atoms. The van der Waals surface area contributed by atoms with Crippen LogP contribution in [0.5, 0.6) is 0 Å². The Kier molecular flexibility index (Phi) is 8.33. The lowest BCUT2D eigenvalue weighted by molar-refractivity contribution is 0.157. The van der Waals surface area contributed by atoms with Crippen molar-refractivity contribution in [2.45, 2.75) is 123 Å². The van der Waals surface area contributed by atoms with Crippen molar-refractivity contribution in [2.75, 3.05) is 0 Å². The molecule has 0 aromatic carbocycles. The minimum atomic E-state index is 0.754. The molecule has 2 fully saturated rings. The first kappa shape index (κ1) is 18.3. The fraction of sp³-hybridized carbons (Fsp3) is 0.955. The third kappa shape index (κ3) is 5.00. The number of hydrogen-bond acceptors (Lipinski definition) is 0. The molecule has 0 spiro atoms. The van der Waals surface area contributed by atoms with E-state index in [0.717, 1.165) is 11.3 Å². The van der Waals surface area contributed by atoms with Gasteiger partial charge in [-0.05, 0) is 55.8 Å². The summed E-state index contributed by atoms with van der Waals surface area (Å²) in [4.78, 5) is 0. The molecule has 22 heavy (non-hydrogen) atoms. The Morgan fingerprint density at radius 1 is 0.818 bits per heavy atom. The van der Waals surface area contributed by atoms with Crippen molar-refractivity contribution in [3.8, 4) is 0 Å². The van der Waals surface area contributed by atoms with Crippen LogP contribution in [0.1, 0.15) is 123 Å². The molecule has 0 nitrogen and oxygen atoms in total. The van der Waals surface area contributed by atoms with E-state index < -0.39 is 0 Å². The van der Waals surface area contributed by atoms with Gasteiger partial charge in [-0.15, -0.1) is 0 Å². The average Bonchev–Trinajstić information content (AvgIpc) is 3.18. The summed E-state index contributed by atoms with van der Waals surface area (Å²) in [5.41, 5.74) is 0.754. The Labute approximate surface area is 140 Å². The zero-order valence-corrected chi connectivity index (χ0v) is 15.6. The number of hydrogen-bond donors (Lipinski definition) is 0. The van der Waals surface area contributed by atoms with Gasteiger partial charge >= 0.3 is 0 Å². The van der Waals surface area contributed by atoms with Gasteiger partial charge in [-0.25, -0.2) is 0 Å². The Hall–Kier alpha value is 0. The van der Waals surface area contributed by atoms with Gasteiger partial charge in [-0.2, -0.15) is 0 Å².